The largest absolute Gasteiger partial charge is 0.491 e. The van der Waals surface area contributed by atoms with Gasteiger partial charge in [0.1, 0.15) is 12.4 Å². The molecule has 0 saturated carbocycles. The summed E-state index contributed by atoms with van der Waals surface area (Å²) in [5.74, 6) is 0.984. The van der Waals surface area contributed by atoms with Crippen LogP contribution in [-0.2, 0) is 11.2 Å². The summed E-state index contributed by atoms with van der Waals surface area (Å²) in [5.41, 5.74) is 1.81. The van der Waals surface area contributed by atoms with Crippen molar-refractivity contribution in [2.45, 2.75) is 12.8 Å². The standard InChI is InChI=1S/C18H20O3/c1-20-13-14-21-18-10-6-5-9-16(18)11-12-17(19)15-7-3-2-4-8-15/h2-10H,11-14H2,1H3. The van der Waals surface area contributed by atoms with Gasteiger partial charge in [0.2, 0.25) is 0 Å². The molecule has 0 aliphatic carbocycles. The Kier molecular flexibility index (Phi) is 5.98. The van der Waals surface area contributed by atoms with Crippen molar-refractivity contribution in [3.05, 3.63) is 65.7 Å². The number of rotatable bonds is 8. The van der Waals surface area contributed by atoms with E-state index in [9.17, 15) is 4.79 Å². The molecule has 3 nitrogen and oxygen atoms in total. The fourth-order valence-corrected chi connectivity index (χ4v) is 2.10. The number of hydrogen-bond acceptors (Lipinski definition) is 3. The summed E-state index contributed by atoms with van der Waals surface area (Å²) >= 11 is 0. The molecule has 2 aromatic carbocycles. The number of ketones is 1. The molecule has 2 rings (SSSR count). The molecule has 0 aliphatic heterocycles. The zero-order valence-electron chi connectivity index (χ0n) is 12.2. The Labute approximate surface area is 125 Å². The van der Waals surface area contributed by atoms with Crippen LogP contribution in [0, 0.1) is 0 Å². The van der Waals surface area contributed by atoms with Gasteiger partial charge >= 0.3 is 0 Å². The molecule has 0 aliphatic rings. The van der Waals surface area contributed by atoms with Crippen molar-refractivity contribution in [2.24, 2.45) is 0 Å². The summed E-state index contributed by atoms with van der Waals surface area (Å²) in [5, 5.41) is 0. The number of ether oxygens (including phenoxy) is 2. The molecule has 0 bridgehead atoms. The molecule has 0 atom stereocenters. The highest BCUT2D eigenvalue weighted by Crippen LogP contribution is 2.20. The number of benzene rings is 2. The van der Waals surface area contributed by atoms with Gasteiger partial charge in [-0.2, -0.15) is 0 Å². The van der Waals surface area contributed by atoms with Gasteiger partial charge in [0.25, 0.3) is 0 Å². The van der Waals surface area contributed by atoms with E-state index >= 15 is 0 Å². The van der Waals surface area contributed by atoms with Crippen LogP contribution in [0.25, 0.3) is 0 Å². The first kappa shape index (κ1) is 15.3. The third-order valence-electron chi connectivity index (χ3n) is 3.23. The average Bonchev–Trinajstić information content (AvgIpc) is 2.54. The molecule has 0 heterocycles. The Hall–Kier alpha value is -2.13. The first-order chi connectivity index (χ1) is 10.3. The highest BCUT2D eigenvalue weighted by Gasteiger charge is 2.08. The zero-order chi connectivity index (χ0) is 14.9. The van der Waals surface area contributed by atoms with E-state index in [1.54, 1.807) is 7.11 Å². The van der Waals surface area contributed by atoms with Crippen LogP contribution in [0.3, 0.4) is 0 Å². The molecule has 3 heteroatoms. The number of carbonyl (C=O) groups is 1. The van der Waals surface area contributed by atoms with E-state index in [4.69, 9.17) is 9.47 Å². The van der Waals surface area contributed by atoms with Crippen molar-refractivity contribution in [3.8, 4) is 5.75 Å². The molecule has 0 N–H and O–H groups in total. The summed E-state index contributed by atoms with van der Waals surface area (Å²) in [6.45, 7) is 1.07. The van der Waals surface area contributed by atoms with Gasteiger partial charge in [-0.25, -0.2) is 0 Å². The molecule has 110 valence electrons. The first-order valence-corrected chi connectivity index (χ1v) is 7.09. The lowest BCUT2D eigenvalue weighted by Crippen LogP contribution is -2.07. The second-order valence-corrected chi connectivity index (χ2v) is 4.74. The van der Waals surface area contributed by atoms with E-state index in [1.165, 1.54) is 0 Å². The van der Waals surface area contributed by atoms with Crippen molar-refractivity contribution < 1.29 is 14.3 Å². The van der Waals surface area contributed by atoms with E-state index in [0.717, 1.165) is 16.9 Å². The van der Waals surface area contributed by atoms with E-state index in [-0.39, 0.29) is 5.78 Å². The van der Waals surface area contributed by atoms with Gasteiger partial charge in [-0.3, -0.25) is 4.79 Å². The topological polar surface area (TPSA) is 35.5 Å². The van der Waals surface area contributed by atoms with Gasteiger partial charge < -0.3 is 9.47 Å². The highest BCUT2D eigenvalue weighted by atomic mass is 16.5. The SMILES string of the molecule is COCCOc1ccccc1CCC(=O)c1ccccc1. The molecule has 0 unspecified atom stereocenters. The fourth-order valence-electron chi connectivity index (χ4n) is 2.10. The predicted molar refractivity (Wildman–Crippen MR) is 82.9 cm³/mol. The van der Waals surface area contributed by atoms with Crippen LogP contribution < -0.4 is 4.74 Å². The van der Waals surface area contributed by atoms with E-state index in [2.05, 4.69) is 0 Å². The lowest BCUT2D eigenvalue weighted by atomic mass is 10.0. The Morgan fingerprint density at radius 2 is 1.67 bits per heavy atom. The maximum Gasteiger partial charge on any atom is 0.163 e. The van der Waals surface area contributed by atoms with E-state index in [1.807, 2.05) is 54.6 Å². The van der Waals surface area contributed by atoms with Gasteiger partial charge in [-0.1, -0.05) is 48.5 Å². The average molecular weight is 284 g/mol. The maximum absolute atomic E-state index is 12.1. The molecule has 0 radical (unpaired) electrons. The summed E-state index contributed by atoms with van der Waals surface area (Å²) < 4.78 is 10.7. The molecular formula is C18H20O3. The minimum atomic E-state index is 0.155. The van der Waals surface area contributed by atoms with Crippen molar-refractivity contribution in [3.63, 3.8) is 0 Å². The molecule has 0 fully saturated rings. The second-order valence-electron chi connectivity index (χ2n) is 4.74. The minimum absolute atomic E-state index is 0.155. The van der Waals surface area contributed by atoms with Gasteiger partial charge in [-0.15, -0.1) is 0 Å². The Bertz CT molecular complexity index is 564. The van der Waals surface area contributed by atoms with Crippen molar-refractivity contribution in [1.29, 1.82) is 0 Å². The quantitative estimate of drug-likeness (QED) is 0.549. The first-order valence-electron chi connectivity index (χ1n) is 7.09. The Balaban J connectivity index is 1.95. The van der Waals surface area contributed by atoms with Gasteiger partial charge in [0, 0.05) is 19.1 Å². The van der Waals surface area contributed by atoms with Crippen LogP contribution in [0.5, 0.6) is 5.75 Å². The van der Waals surface area contributed by atoms with Crippen molar-refractivity contribution >= 4 is 5.78 Å². The number of carbonyl (C=O) groups excluding carboxylic acids is 1. The van der Waals surface area contributed by atoms with Crippen LogP contribution in [-0.4, -0.2) is 26.1 Å². The number of Topliss-reactive ketones (excluding diaryl/α,β-unsaturated/α-hetero) is 1. The zero-order valence-corrected chi connectivity index (χ0v) is 12.2. The van der Waals surface area contributed by atoms with Crippen LogP contribution in [0.4, 0.5) is 0 Å². The molecule has 0 saturated heterocycles. The van der Waals surface area contributed by atoms with Crippen LogP contribution >= 0.6 is 0 Å². The number of hydrogen-bond donors (Lipinski definition) is 0. The smallest absolute Gasteiger partial charge is 0.163 e. The second kappa shape index (κ2) is 8.22. The van der Waals surface area contributed by atoms with Crippen LogP contribution in [0.2, 0.25) is 0 Å². The molecule has 2 aromatic rings. The summed E-state index contributed by atoms with van der Waals surface area (Å²) in [6, 6.07) is 17.2. The number of para-hydroxylation sites is 1. The molecule has 21 heavy (non-hydrogen) atoms. The Morgan fingerprint density at radius 1 is 0.952 bits per heavy atom. The Morgan fingerprint density at radius 3 is 2.43 bits per heavy atom. The van der Waals surface area contributed by atoms with Crippen molar-refractivity contribution in [2.75, 3.05) is 20.3 Å². The highest BCUT2D eigenvalue weighted by molar-refractivity contribution is 5.96. The van der Waals surface area contributed by atoms with Crippen LogP contribution in [0.1, 0.15) is 22.3 Å². The number of methoxy groups -OCH3 is 1. The summed E-state index contributed by atoms with van der Waals surface area (Å²) in [4.78, 5) is 12.1. The fraction of sp³-hybridized carbons (Fsp3) is 0.278. The van der Waals surface area contributed by atoms with Gasteiger partial charge in [0.15, 0.2) is 5.78 Å². The maximum atomic E-state index is 12.1. The molecule has 0 aromatic heterocycles. The minimum Gasteiger partial charge on any atom is -0.491 e. The predicted octanol–water partition coefficient (Wildman–Crippen LogP) is 3.53. The lowest BCUT2D eigenvalue weighted by Gasteiger charge is -2.10. The van der Waals surface area contributed by atoms with E-state index < -0.39 is 0 Å². The molecule has 0 amide bonds. The number of aryl methyl sites for hydroxylation is 1. The summed E-state index contributed by atoms with van der Waals surface area (Å²) in [6.07, 6.45) is 1.16. The lowest BCUT2D eigenvalue weighted by molar-refractivity contribution is 0.0982. The van der Waals surface area contributed by atoms with E-state index in [0.29, 0.717) is 26.1 Å². The van der Waals surface area contributed by atoms with Crippen molar-refractivity contribution in [1.82, 2.24) is 0 Å². The van der Waals surface area contributed by atoms with Gasteiger partial charge in [0.05, 0.1) is 6.61 Å². The third-order valence-corrected chi connectivity index (χ3v) is 3.23. The monoisotopic (exact) mass is 284 g/mol. The molecule has 0 spiro atoms. The third kappa shape index (κ3) is 4.72. The van der Waals surface area contributed by atoms with Gasteiger partial charge in [-0.05, 0) is 18.1 Å². The molecular weight excluding hydrogens is 264 g/mol. The summed E-state index contributed by atoms with van der Waals surface area (Å²) in [7, 11) is 1.65. The van der Waals surface area contributed by atoms with Crippen LogP contribution in [0.15, 0.2) is 54.6 Å². The normalized spacial score (nSPS) is 10.3.